The Morgan fingerprint density at radius 1 is 1.42 bits per heavy atom. The quantitative estimate of drug-likeness (QED) is 0.832. The molecule has 4 nitrogen and oxygen atoms in total. The highest BCUT2D eigenvalue weighted by molar-refractivity contribution is 7.99. The van der Waals surface area contributed by atoms with Gasteiger partial charge in [-0.3, -0.25) is 0 Å². The van der Waals surface area contributed by atoms with Gasteiger partial charge in [0.05, 0.1) is 5.02 Å². The van der Waals surface area contributed by atoms with E-state index in [-0.39, 0.29) is 21.7 Å². The van der Waals surface area contributed by atoms with Gasteiger partial charge in [-0.25, -0.2) is 13.1 Å². The molecule has 3 N–H and O–H groups in total. The summed E-state index contributed by atoms with van der Waals surface area (Å²) in [7, 11) is -3.69. The number of benzene rings is 1. The lowest BCUT2D eigenvalue weighted by Gasteiger charge is -2.13. The van der Waals surface area contributed by atoms with E-state index in [9.17, 15) is 8.42 Å². The van der Waals surface area contributed by atoms with Crippen LogP contribution in [0.5, 0.6) is 0 Å². The first kappa shape index (κ1) is 17.1. The van der Waals surface area contributed by atoms with Crippen molar-refractivity contribution in [1.29, 1.82) is 0 Å². The van der Waals surface area contributed by atoms with Gasteiger partial charge >= 0.3 is 0 Å². The Bertz CT molecular complexity index is 550. The monoisotopic (exact) mass is 342 g/mol. The van der Waals surface area contributed by atoms with E-state index >= 15 is 0 Å². The number of nitrogens with one attached hydrogen (secondary N) is 1. The summed E-state index contributed by atoms with van der Waals surface area (Å²) in [6.07, 6.45) is 1.91. The van der Waals surface area contributed by atoms with Crippen molar-refractivity contribution >= 4 is 45.0 Å². The molecule has 0 saturated carbocycles. The van der Waals surface area contributed by atoms with Crippen LogP contribution in [-0.2, 0) is 16.6 Å². The van der Waals surface area contributed by atoms with Crippen molar-refractivity contribution < 1.29 is 8.42 Å². The molecule has 0 fully saturated rings. The molecular formula is C11H16Cl2N2O2S2. The summed E-state index contributed by atoms with van der Waals surface area (Å²) in [5, 5.41) is 0.584. The van der Waals surface area contributed by atoms with Crippen LogP contribution in [0.3, 0.4) is 0 Å². The first-order valence-corrected chi connectivity index (χ1v) is 9.05. The van der Waals surface area contributed by atoms with Gasteiger partial charge in [0, 0.05) is 23.4 Å². The highest BCUT2D eigenvalue weighted by Gasteiger charge is 2.21. The number of rotatable bonds is 6. The predicted octanol–water partition coefficient (Wildman–Crippen LogP) is 2.48. The molecule has 0 amide bonds. The first-order valence-electron chi connectivity index (χ1n) is 5.52. The number of halogens is 2. The van der Waals surface area contributed by atoms with E-state index in [0.717, 1.165) is 0 Å². The van der Waals surface area contributed by atoms with E-state index < -0.39 is 10.0 Å². The minimum Gasteiger partial charge on any atom is -0.326 e. The predicted molar refractivity (Wildman–Crippen MR) is 82.5 cm³/mol. The van der Waals surface area contributed by atoms with Crippen LogP contribution in [0.2, 0.25) is 10.0 Å². The molecule has 0 saturated heterocycles. The molecule has 8 heteroatoms. The van der Waals surface area contributed by atoms with Crippen LogP contribution in [0, 0.1) is 0 Å². The maximum absolute atomic E-state index is 12.2. The molecule has 108 valence electrons. The largest absolute Gasteiger partial charge is 0.326 e. The summed E-state index contributed by atoms with van der Waals surface area (Å²) < 4.78 is 26.9. The summed E-state index contributed by atoms with van der Waals surface area (Å²) in [6, 6.07) is 2.89. The fourth-order valence-electron chi connectivity index (χ4n) is 1.35. The van der Waals surface area contributed by atoms with Crippen molar-refractivity contribution in [3.05, 3.63) is 27.7 Å². The minimum absolute atomic E-state index is 0.0320. The lowest BCUT2D eigenvalue weighted by molar-refractivity contribution is 0.581. The van der Waals surface area contributed by atoms with Crippen LogP contribution >= 0.6 is 35.0 Å². The van der Waals surface area contributed by atoms with Gasteiger partial charge in [0.2, 0.25) is 10.0 Å². The third kappa shape index (κ3) is 4.51. The molecule has 0 bridgehead atoms. The fraction of sp³-hybridized carbons (Fsp3) is 0.455. The Kier molecular flexibility index (Phi) is 6.42. The van der Waals surface area contributed by atoms with E-state index in [1.54, 1.807) is 17.8 Å². The van der Waals surface area contributed by atoms with Crippen molar-refractivity contribution in [2.24, 2.45) is 5.73 Å². The first-order chi connectivity index (χ1) is 8.81. The zero-order valence-electron chi connectivity index (χ0n) is 10.6. The van der Waals surface area contributed by atoms with E-state index in [4.69, 9.17) is 28.9 Å². The van der Waals surface area contributed by atoms with Gasteiger partial charge < -0.3 is 5.73 Å². The summed E-state index contributed by atoms with van der Waals surface area (Å²) in [5.74, 6) is 0. The van der Waals surface area contributed by atoms with Gasteiger partial charge in [0.1, 0.15) is 4.90 Å². The Balaban J connectivity index is 3.11. The molecule has 0 aliphatic rings. The molecular weight excluding hydrogens is 327 g/mol. The Hall–Kier alpha value is 0.0200. The van der Waals surface area contributed by atoms with Crippen LogP contribution in [0.15, 0.2) is 17.0 Å². The molecule has 1 aromatic rings. The van der Waals surface area contributed by atoms with Crippen LogP contribution in [0.1, 0.15) is 12.5 Å². The Labute approximate surface area is 128 Å². The number of thioether (sulfide) groups is 1. The van der Waals surface area contributed by atoms with Crippen molar-refractivity contribution in [3.8, 4) is 0 Å². The van der Waals surface area contributed by atoms with E-state index in [1.165, 1.54) is 6.07 Å². The van der Waals surface area contributed by atoms with Crippen LogP contribution in [-0.4, -0.2) is 26.5 Å². The maximum Gasteiger partial charge on any atom is 0.242 e. The number of hydrogen-bond acceptors (Lipinski definition) is 4. The second-order valence-corrected chi connectivity index (χ2v) is 7.81. The molecule has 0 aromatic heterocycles. The summed E-state index contributed by atoms with van der Waals surface area (Å²) in [4.78, 5) is -0.0320. The molecule has 0 spiro atoms. The summed E-state index contributed by atoms with van der Waals surface area (Å²) in [5.41, 5.74) is 6.02. The van der Waals surface area contributed by atoms with Gasteiger partial charge in [-0.15, -0.1) is 0 Å². The van der Waals surface area contributed by atoms with Gasteiger partial charge in [-0.2, -0.15) is 11.8 Å². The van der Waals surface area contributed by atoms with Crippen molar-refractivity contribution in [1.82, 2.24) is 4.72 Å². The highest BCUT2D eigenvalue weighted by atomic mass is 35.5. The van der Waals surface area contributed by atoms with Crippen LogP contribution < -0.4 is 10.5 Å². The van der Waals surface area contributed by atoms with Gasteiger partial charge in [0.25, 0.3) is 0 Å². The third-order valence-corrected chi connectivity index (χ3v) is 5.75. The standard InChI is InChI=1S/C11H16Cl2N2O2S2/c1-7(18-2)6-15-19(16,17)10-4-9(12)3-8(5-14)11(10)13/h3-4,7,15H,5-6,14H2,1-2H3. The average molecular weight is 343 g/mol. The Morgan fingerprint density at radius 3 is 2.58 bits per heavy atom. The second-order valence-electron chi connectivity index (χ2n) is 3.98. The number of hydrogen-bond donors (Lipinski definition) is 2. The molecule has 1 rings (SSSR count). The van der Waals surface area contributed by atoms with Gasteiger partial charge in [-0.1, -0.05) is 30.1 Å². The van der Waals surface area contributed by atoms with Crippen LogP contribution in [0.25, 0.3) is 0 Å². The van der Waals surface area contributed by atoms with Crippen LogP contribution in [0.4, 0.5) is 0 Å². The third-order valence-electron chi connectivity index (χ3n) is 2.55. The molecule has 0 aliphatic heterocycles. The fourth-order valence-corrected chi connectivity index (χ4v) is 3.78. The smallest absolute Gasteiger partial charge is 0.242 e. The van der Waals surface area contributed by atoms with Crippen molar-refractivity contribution in [2.75, 3.05) is 12.8 Å². The minimum atomic E-state index is -3.69. The zero-order valence-corrected chi connectivity index (χ0v) is 13.8. The topological polar surface area (TPSA) is 72.2 Å². The lowest BCUT2D eigenvalue weighted by Crippen LogP contribution is -2.29. The second kappa shape index (κ2) is 7.15. The zero-order chi connectivity index (χ0) is 14.6. The van der Waals surface area contributed by atoms with E-state index in [0.29, 0.717) is 17.1 Å². The summed E-state index contributed by atoms with van der Waals surface area (Å²) in [6.45, 7) is 2.38. The molecule has 19 heavy (non-hydrogen) atoms. The normalized spacial score (nSPS) is 13.5. The van der Waals surface area contributed by atoms with E-state index in [1.807, 2.05) is 13.2 Å². The molecule has 0 aliphatic carbocycles. The van der Waals surface area contributed by atoms with Crippen molar-refractivity contribution in [3.63, 3.8) is 0 Å². The molecule has 1 aromatic carbocycles. The number of nitrogens with two attached hydrogens (primary N) is 1. The van der Waals surface area contributed by atoms with Gasteiger partial charge in [0.15, 0.2) is 0 Å². The molecule has 1 unspecified atom stereocenters. The number of sulfonamides is 1. The molecule has 0 heterocycles. The average Bonchev–Trinajstić information content (AvgIpc) is 2.38. The highest BCUT2D eigenvalue weighted by Crippen LogP contribution is 2.29. The maximum atomic E-state index is 12.2. The van der Waals surface area contributed by atoms with Crippen molar-refractivity contribution in [2.45, 2.75) is 23.6 Å². The molecule has 0 radical (unpaired) electrons. The summed E-state index contributed by atoms with van der Waals surface area (Å²) >= 11 is 13.5. The Morgan fingerprint density at radius 2 is 2.05 bits per heavy atom. The van der Waals surface area contributed by atoms with E-state index in [2.05, 4.69) is 4.72 Å². The lowest BCUT2D eigenvalue weighted by atomic mass is 10.2. The van der Waals surface area contributed by atoms with Gasteiger partial charge in [-0.05, 0) is 24.0 Å². The SMILES string of the molecule is CSC(C)CNS(=O)(=O)c1cc(Cl)cc(CN)c1Cl. The molecule has 1 atom stereocenters.